The first-order valence-corrected chi connectivity index (χ1v) is 1.47. The largest absolute Gasteiger partial charge is 0.473 e. The van der Waals surface area contributed by atoms with Crippen LogP contribution in [0.3, 0.4) is 0 Å². The van der Waals surface area contributed by atoms with Gasteiger partial charge in [-0.1, -0.05) is 0 Å². The zero-order valence-electron chi connectivity index (χ0n) is 2.72. The maximum atomic E-state index is 4.58. The summed E-state index contributed by atoms with van der Waals surface area (Å²) < 4.78 is 4.58. The second-order valence-electron chi connectivity index (χ2n) is 0.793. The highest BCUT2D eigenvalue weighted by atomic mass is 16.3. The Morgan fingerprint density at radius 2 is 1.50 bits per heavy atom. The van der Waals surface area contributed by atoms with Gasteiger partial charge in [-0.15, -0.1) is 0 Å². The van der Waals surface area contributed by atoms with Crippen molar-refractivity contribution in [1.82, 2.24) is 0 Å². The van der Waals surface area contributed by atoms with Crippen LogP contribution in [0.4, 0.5) is 0 Å². The van der Waals surface area contributed by atoms with E-state index in [-0.39, 0.29) is 8.41 Å². The van der Waals surface area contributed by atoms with Gasteiger partial charge in [0.15, 0.2) is 0 Å². The maximum absolute atomic E-state index is 4.58. The minimum Gasteiger partial charge on any atom is -0.473 e. The van der Waals surface area contributed by atoms with Crippen LogP contribution < -0.4 is 0 Å². The monoisotopic (exact) mass is 82.1 g/mol. The van der Waals surface area contributed by atoms with Crippen molar-refractivity contribution in [3.8, 4) is 0 Å². The van der Waals surface area contributed by atoms with Gasteiger partial charge in [0, 0.05) is 0 Å². The molecular weight excluding hydrogens is 74.9 g/mol. The molecule has 0 N–H and O–H groups in total. The summed E-state index contributed by atoms with van der Waals surface area (Å²) in [6, 6.07) is 3.67. The zero-order valence-corrected chi connectivity index (χ0v) is 2.72. The third-order valence-electron chi connectivity index (χ3n) is 0.425. The van der Waals surface area contributed by atoms with E-state index >= 15 is 0 Å². The Morgan fingerprint density at radius 3 is 1.67 bits per heavy atom. The van der Waals surface area contributed by atoms with Crippen molar-refractivity contribution in [3.63, 3.8) is 0 Å². The van der Waals surface area contributed by atoms with Crippen molar-refractivity contribution < 1.29 is 4.42 Å². The molecule has 0 atom stereocenters. The van der Waals surface area contributed by atoms with E-state index in [9.17, 15) is 0 Å². The summed E-state index contributed by atoms with van der Waals surface area (Å²) in [5, 5.41) is 0. The Bertz CT molecular complexity index is 64.0. The lowest BCUT2D eigenvalue weighted by Gasteiger charge is -1.50. The molecule has 6 heavy (non-hydrogen) atoms. The second kappa shape index (κ2) is 2.58. The van der Waals surface area contributed by atoms with Crippen LogP contribution in [0.2, 0.25) is 0 Å². The highest BCUT2D eigenvalue weighted by molar-refractivity contribution is 5.75. The molecule has 0 aliphatic rings. The van der Waals surface area contributed by atoms with Crippen molar-refractivity contribution in [2.24, 2.45) is 0 Å². The molecule has 2 heteroatoms. The molecule has 0 aliphatic heterocycles. The molecule has 1 heterocycles. The number of rotatable bonds is 0. The molecule has 0 amide bonds. The standard InChI is InChI=1S/C4H4O.BH3/c1-2-4-5-3-1;/h1-4H;1H3. The molecule has 0 aliphatic carbocycles. The lowest BCUT2D eigenvalue weighted by Crippen LogP contribution is -1.16. The van der Waals surface area contributed by atoms with Gasteiger partial charge in [0.1, 0.15) is 0 Å². The first-order chi connectivity index (χ1) is 2.50. The van der Waals surface area contributed by atoms with E-state index in [4.69, 9.17) is 0 Å². The van der Waals surface area contributed by atoms with Crippen LogP contribution in [0.1, 0.15) is 0 Å². The fourth-order valence-corrected chi connectivity index (χ4v) is 0.227. The van der Waals surface area contributed by atoms with E-state index in [0.29, 0.717) is 0 Å². The average molecular weight is 81.9 g/mol. The molecule has 32 valence electrons. The van der Waals surface area contributed by atoms with Crippen LogP contribution in [0.5, 0.6) is 0 Å². The molecule has 0 fully saturated rings. The summed E-state index contributed by atoms with van der Waals surface area (Å²) in [5.41, 5.74) is 0. The van der Waals surface area contributed by atoms with Gasteiger partial charge in [0.25, 0.3) is 0 Å². The van der Waals surface area contributed by atoms with Crippen molar-refractivity contribution in [2.45, 2.75) is 0 Å². The van der Waals surface area contributed by atoms with Gasteiger partial charge in [0.05, 0.1) is 20.9 Å². The topological polar surface area (TPSA) is 13.1 Å². The van der Waals surface area contributed by atoms with Crippen molar-refractivity contribution in [3.05, 3.63) is 24.7 Å². The third-order valence-corrected chi connectivity index (χ3v) is 0.425. The maximum Gasteiger partial charge on any atom is 0.0902 e. The minimum atomic E-state index is 0. The zero-order chi connectivity index (χ0) is 3.54. The normalized spacial score (nSPS) is 6.67. The van der Waals surface area contributed by atoms with Crippen LogP contribution in [0.25, 0.3) is 0 Å². The van der Waals surface area contributed by atoms with Crippen LogP contribution >= 0.6 is 0 Å². The number of hydrogen-bond acceptors (Lipinski definition) is 1. The summed E-state index contributed by atoms with van der Waals surface area (Å²) in [7, 11) is 0. The average Bonchev–Trinajstić information content (AvgIpc) is 1.76. The molecule has 1 aromatic rings. The molecule has 0 aromatic carbocycles. The summed E-state index contributed by atoms with van der Waals surface area (Å²) in [6.45, 7) is 0. The summed E-state index contributed by atoms with van der Waals surface area (Å²) in [4.78, 5) is 0. The Labute approximate surface area is 38.5 Å². The molecule has 0 bridgehead atoms. The smallest absolute Gasteiger partial charge is 0.0902 e. The van der Waals surface area contributed by atoms with E-state index in [2.05, 4.69) is 4.42 Å². The third kappa shape index (κ3) is 0.974. The highest BCUT2D eigenvalue weighted by Gasteiger charge is 1.58. The van der Waals surface area contributed by atoms with E-state index in [1.54, 1.807) is 12.5 Å². The van der Waals surface area contributed by atoms with Crippen molar-refractivity contribution in [2.75, 3.05) is 0 Å². The Morgan fingerprint density at radius 1 is 1.00 bits per heavy atom. The molecule has 0 saturated carbocycles. The summed E-state index contributed by atoms with van der Waals surface area (Å²) in [6.07, 6.45) is 3.25. The molecule has 0 spiro atoms. The fraction of sp³-hybridized carbons (Fsp3) is 0. The highest BCUT2D eigenvalue weighted by Crippen LogP contribution is 1.79. The van der Waals surface area contributed by atoms with Gasteiger partial charge >= 0.3 is 0 Å². The molecule has 1 aromatic heterocycles. The lowest BCUT2D eigenvalue weighted by atomic mass is 10.7. The quantitative estimate of drug-likeness (QED) is 0.404. The van der Waals surface area contributed by atoms with Gasteiger partial charge in [0.2, 0.25) is 0 Å². The molecular formula is C4H7BO. The SMILES string of the molecule is B.c1ccoc1. The second-order valence-corrected chi connectivity index (χ2v) is 0.793. The van der Waals surface area contributed by atoms with Gasteiger partial charge in [-0.2, -0.15) is 0 Å². The van der Waals surface area contributed by atoms with Gasteiger partial charge in [-0.25, -0.2) is 0 Å². The van der Waals surface area contributed by atoms with Crippen LogP contribution in [-0.4, -0.2) is 8.41 Å². The van der Waals surface area contributed by atoms with Crippen molar-refractivity contribution in [1.29, 1.82) is 0 Å². The van der Waals surface area contributed by atoms with Crippen LogP contribution in [-0.2, 0) is 0 Å². The minimum absolute atomic E-state index is 0. The predicted molar refractivity (Wildman–Crippen MR) is 28.6 cm³/mol. The molecule has 0 saturated heterocycles. The molecule has 1 rings (SSSR count). The van der Waals surface area contributed by atoms with E-state index < -0.39 is 0 Å². The summed E-state index contributed by atoms with van der Waals surface area (Å²) in [5.74, 6) is 0. The number of furan rings is 1. The Kier molecular flexibility index (Phi) is 2.29. The number of hydrogen-bond donors (Lipinski definition) is 0. The Hall–Kier alpha value is -0.655. The van der Waals surface area contributed by atoms with Crippen molar-refractivity contribution >= 4 is 8.41 Å². The van der Waals surface area contributed by atoms with Gasteiger partial charge in [-0.3, -0.25) is 0 Å². The predicted octanol–water partition coefficient (Wildman–Crippen LogP) is 0.0957. The van der Waals surface area contributed by atoms with E-state index in [1.807, 2.05) is 12.1 Å². The summed E-state index contributed by atoms with van der Waals surface area (Å²) >= 11 is 0. The van der Waals surface area contributed by atoms with E-state index in [1.165, 1.54) is 0 Å². The molecule has 1 nitrogen and oxygen atoms in total. The lowest BCUT2D eigenvalue weighted by molar-refractivity contribution is 0.567. The van der Waals surface area contributed by atoms with Gasteiger partial charge in [-0.05, 0) is 12.1 Å². The van der Waals surface area contributed by atoms with Gasteiger partial charge < -0.3 is 4.42 Å². The first kappa shape index (κ1) is 5.34. The molecule has 0 unspecified atom stereocenters. The molecule has 0 radical (unpaired) electrons. The Balaban J connectivity index is 0.000000250. The van der Waals surface area contributed by atoms with E-state index in [0.717, 1.165) is 0 Å². The van der Waals surface area contributed by atoms with Crippen LogP contribution in [0, 0.1) is 0 Å². The fourth-order valence-electron chi connectivity index (χ4n) is 0.227. The first-order valence-electron chi connectivity index (χ1n) is 1.47. The van der Waals surface area contributed by atoms with Crippen LogP contribution in [0.15, 0.2) is 29.1 Å².